The van der Waals surface area contributed by atoms with E-state index in [4.69, 9.17) is 13.9 Å². The first kappa shape index (κ1) is 26.2. The van der Waals surface area contributed by atoms with Gasteiger partial charge in [0.25, 0.3) is 9.04 Å². The fourth-order valence-electron chi connectivity index (χ4n) is 3.70. The predicted molar refractivity (Wildman–Crippen MR) is 139 cm³/mol. The van der Waals surface area contributed by atoms with Crippen LogP contribution in [0, 0.1) is 0 Å². The largest absolute Gasteiger partial charge is 0.444 e. The van der Waals surface area contributed by atoms with Crippen molar-refractivity contribution in [1.82, 2.24) is 4.90 Å². The van der Waals surface area contributed by atoms with Gasteiger partial charge in [-0.1, -0.05) is 81.9 Å². The van der Waals surface area contributed by atoms with E-state index in [0.29, 0.717) is 26.3 Å². The van der Waals surface area contributed by atoms with E-state index in [1.165, 1.54) is 15.9 Å². The van der Waals surface area contributed by atoms with Crippen LogP contribution in [-0.2, 0) is 19.3 Å². The summed E-state index contributed by atoms with van der Waals surface area (Å²) in [5, 5.41) is 2.37. The Kier molecular flexibility index (Phi) is 8.39. The molecule has 0 saturated carbocycles. The lowest BCUT2D eigenvalue weighted by molar-refractivity contribution is 0.00388. The molecular formula is C28H38NO4Si. The van der Waals surface area contributed by atoms with Crippen molar-refractivity contribution in [2.45, 2.75) is 58.7 Å². The Bertz CT molecular complexity index is 961. The summed E-state index contributed by atoms with van der Waals surface area (Å²) in [5.41, 5.74) is 1.69. The summed E-state index contributed by atoms with van der Waals surface area (Å²) in [6, 6.07) is 19.1. The van der Waals surface area contributed by atoms with Crippen LogP contribution in [0.15, 0.2) is 66.7 Å². The first-order valence-electron chi connectivity index (χ1n) is 11.8. The van der Waals surface area contributed by atoms with Crippen molar-refractivity contribution in [3.8, 4) is 0 Å². The number of rotatable bonds is 5. The maximum atomic E-state index is 12.7. The maximum Gasteiger partial charge on any atom is 0.410 e. The number of hydrogen-bond acceptors (Lipinski definition) is 4. The van der Waals surface area contributed by atoms with Crippen LogP contribution in [0.5, 0.6) is 0 Å². The van der Waals surface area contributed by atoms with Crippen LogP contribution in [0.25, 0.3) is 0 Å². The van der Waals surface area contributed by atoms with Gasteiger partial charge < -0.3 is 18.8 Å². The van der Waals surface area contributed by atoms with Gasteiger partial charge in [-0.2, -0.15) is 0 Å². The van der Waals surface area contributed by atoms with Crippen molar-refractivity contribution in [2.24, 2.45) is 0 Å². The molecule has 0 spiro atoms. The quantitative estimate of drug-likeness (QED) is 0.473. The molecule has 3 rings (SSSR count). The smallest absolute Gasteiger partial charge is 0.410 e. The lowest BCUT2D eigenvalue weighted by atomic mass is 9.87. The van der Waals surface area contributed by atoms with Crippen molar-refractivity contribution in [2.75, 3.05) is 26.3 Å². The van der Waals surface area contributed by atoms with Gasteiger partial charge in [-0.25, -0.2) is 4.79 Å². The second-order valence-corrected chi connectivity index (χ2v) is 13.0. The summed E-state index contributed by atoms with van der Waals surface area (Å²) in [5.74, 6) is 0. The Morgan fingerprint density at radius 1 is 1.03 bits per heavy atom. The Labute approximate surface area is 206 Å². The molecule has 1 aliphatic heterocycles. The zero-order chi connectivity index (χ0) is 24.9. The normalized spacial score (nSPS) is 17.6. The second kappa shape index (κ2) is 10.9. The molecule has 5 nitrogen and oxygen atoms in total. The van der Waals surface area contributed by atoms with E-state index in [2.05, 4.69) is 63.7 Å². The number of amides is 1. The maximum absolute atomic E-state index is 12.7. The fourth-order valence-corrected chi connectivity index (χ4v) is 5.69. The van der Waals surface area contributed by atoms with Crippen LogP contribution in [0.3, 0.4) is 0 Å². The number of ether oxygens (including phenoxy) is 2. The predicted octanol–water partition coefficient (Wildman–Crippen LogP) is 4.30. The average Bonchev–Trinajstić information content (AvgIpc) is 2.95. The Morgan fingerprint density at radius 3 is 2.24 bits per heavy atom. The van der Waals surface area contributed by atoms with Crippen LogP contribution in [-0.4, -0.2) is 58.0 Å². The lowest BCUT2D eigenvalue weighted by Gasteiger charge is -2.28. The highest BCUT2D eigenvalue weighted by atomic mass is 28.3. The van der Waals surface area contributed by atoms with Crippen LogP contribution < -0.4 is 10.4 Å². The summed E-state index contributed by atoms with van der Waals surface area (Å²) in [7, 11) is -1.49. The summed E-state index contributed by atoms with van der Waals surface area (Å²) >= 11 is 0. The van der Waals surface area contributed by atoms with E-state index in [0.717, 1.165) is 5.57 Å². The van der Waals surface area contributed by atoms with Crippen molar-refractivity contribution in [1.29, 1.82) is 0 Å². The van der Waals surface area contributed by atoms with E-state index in [-0.39, 0.29) is 17.6 Å². The molecule has 1 amide bonds. The zero-order valence-electron chi connectivity index (χ0n) is 21.4. The third-order valence-corrected chi connectivity index (χ3v) is 7.65. The third-order valence-electron chi connectivity index (χ3n) is 5.48. The minimum absolute atomic E-state index is 0.0980. The van der Waals surface area contributed by atoms with Gasteiger partial charge in [0.05, 0.1) is 25.9 Å². The van der Waals surface area contributed by atoms with Crippen LogP contribution >= 0.6 is 0 Å². The van der Waals surface area contributed by atoms with Crippen molar-refractivity contribution in [3.63, 3.8) is 0 Å². The summed E-state index contributed by atoms with van der Waals surface area (Å²) in [6.07, 6.45) is -0.611. The third kappa shape index (κ3) is 7.55. The van der Waals surface area contributed by atoms with Gasteiger partial charge in [-0.15, -0.1) is 0 Å². The van der Waals surface area contributed by atoms with E-state index in [1.807, 2.05) is 39.0 Å². The van der Waals surface area contributed by atoms with Gasteiger partial charge in [0.1, 0.15) is 5.60 Å². The Hall–Kier alpha value is -2.41. The standard InChI is InChI=1S/C28H38NO4Si/c1-21-17-29(26(30)33-28(5,6)7)18-23(31-19-21)20-32-34(24-11-9-8-10-12-24)25-15-13-22(14-16-25)27(2,3)4/h8-16,23H,1,17-20H2,2-7H3/t23-/m1/s1. The first-order valence-corrected chi connectivity index (χ1v) is 13.3. The monoisotopic (exact) mass is 480 g/mol. The molecule has 0 aromatic heterocycles. The molecule has 0 aliphatic carbocycles. The average molecular weight is 481 g/mol. The van der Waals surface area contributed by atoms with Gasteiger partial charge in [0, 0.05) is 6.54 Å². The van der Waals surface area contributed by atoms with Gasteiger partial charge in [-0.3, -0.25) is 0 Å². The molecule has 1 fully saturated rings. The molecule has 1 saturated heterocycles. The molecule has 1 aliphatic rings. The molecule has 34 heavy (non-hydrogen) atoms. The lowest BCUT2D eigenvalue weighted by Crippen LogP contribution is -2.48. The highest BCUT2D eigenvalue weighted by Gasteiger charge is 2.29. The number of benzene rings is 2. The van der Waals surface area contributed by atoms with E-state index < -0.39 is 14.6 Å². The van der Waals surface area contributed by atoms with Crippen LogP contribution in [0.4, 0.5) is 4.79 Å². The second-order valence-electron chi connectivity index (χ2n) is 10.9. The van der Waals surface area contributed by atoms with Gasteiger partial charge in [-0.05, 0) is 47.7 Å². The minimum Gasteiger partial charge on any atom is -0.444 e. The van der Waals surface area contributed by atoms with Crippen molar-refractivity contribution in [3.05, 3.63) is 72.3 Å². The molecule has 183 valence electrons. The van der Waals surface area contributed by atoms with E-state index in [1.54, 1.807) is 4.90 Å². The molecule has 1 atom stereocenters. The molecule has 0 N–H and O–H groups in total. The van der Waals surface area contributed by atoms with Crippen LogP contribution in [0.2, 0.25) is 0 Å². The highest BCUT2D eigenvalue weighted by molar-refractivity contribution is 6.80. The molecule has 2 aromatic rings. The summed E-state index contributed by atoms with van der Waals surface area (Å²) < 4.78 is 18.2. The molecular weight excluding hydrogens is 442 g/mol. The molecule has 6 heteroatoms. The number of nitrogens with zero attached hydrogens (tertiary/aromatic N) is 1. The van der Waals surface area contributed by atoms with E-state index in [9.17, 15) is 4.79 Å². The number of carbonyl (C=O) groups excluding carboxylic acids is 1. The van der Waals surface area contributed by atoms with Crippen LogP contribution in [0.1, 0.15) is 47.1 Å². The summed E-state index contributed by atoms with van der Waals surface area (Å²) in [6.45, 7) is 17.9. The van der Waals surface area contributed by atoms with Gasteiger partial charge >= 0.3 is 6.09 Å². The van der Waals surface area contributed by atoms with Gasteiger partial charge in [0.2, 0.25) is 0 Å². The number of hydrogen-bond donors (Lipinski definition) is 0. The summed E-state index contributed by atoms with van der Waals surface area (Å²) in [4.78, 5) is 14.4. The van der Waals surface area contributed by atoms with E-state index >= 15 is 0 Å². The minimum atomic E-state index is -1.49. The highest BCUT2D eigenvalue weighted by Crippen LogP contribution is 2.21. The Balaban J connectivity index is 1.76. The van der Waals surface area contributed by atoms with Gasteiger partial charge in [0.15, 0.2) is 0 Å². The molecule has 1 radical (unpaired) electrons. The molecule has 1 heterocycles. The SMILES string of the molecule is C=C1CO[C@@H](CO[Si](c2ccccc2)c2ccc(C(C)(C)C)cc2)CN(C(=O)OC(C)(C)C)C1. The number of carbonyl (C=O) groups is 1. The fraction of sp³-hybridized carbons (Fsp3) is 0.464. The molecule has 2 aromatic carbocycles. The topological polar surface area (TPSA) is 48.0 Å². The molecule has 0 bridgehead atoms. The Morgan fingerprint density at radius 2 is 1.65 bits per heavy atom. The first-order chi connectivity index (χ1) is 15.9. The van der Waals surface area contributed by atoms with Crippen molar-refractivity contribution >= 4 is 25.5 Å². The molecule has 0 unspecified atom stereocenters. The van der Waals surface area contributed by atoms with Crippen molar-refractivity contribution < 1.29 is 18.7 Å². The zero-order valence-corrected chi connectivity index (χ0v) is 22.4.